The SMILES string of the molecule is CCOC(=O)CSCc1nc(-c2ccccc2)oc1C. The molecule has 0 radical (unpaired) electrons. The predicted octanol–water partition coefficient (Wildman–Crippen LogP) is 3.45. The largest absolute Gasteiger partial charge is 0.465 e. The summed E-state index contributed by atoms with van der Waals surface area (Å²) in [6.45, 7) is 4.11. The number of esters is 1. The van der Waals surface area contributed by atoms with Gasteiger partial charge in [-0.3, -0.25) is 4.79 Å². The van der Waals surface area contributed by atoms with Crippen LogP contribution in [0.3, 0.4) is 0 Å². The number of benzene rings is 1. The van der Waals surface area contributed by atoms with Crippen molar-refractivity contribution >= 4 is 17.7 Å². The molecule has 0 bridgehead atoms. The lowest BCUT2D eigenvalue weighted by Crippen LogP contribution is -2.06. The third-order valence-electron chi connectivity index (χ3n) is 2.68. The van der Waals surface area contributed by atoms with E-state index in [1.54, 1.807) is 6.92 Å². The summed E-state index contributed by atoms with van der Waals surface area (Å²) in [5.41, 5.74) is 1.83. The van der Waals surface area contributed by atoms with Crippen molar-refractivity contribution < 1.29 is 13.9 Å². The Bertz CT molecular complexity index is 566. The van der Waals surface area contributed by atoms with Crippen LogP contribution in [0.25, 0.3) is 11.5 Å². The Morgan fingerprint density at radius 1 is 1.35 bits per heavy atom. The molecular formula is C15H17NO3S. The summed E-state index contributed by atoms with van der Waals surface area (Å²) in [5.74, 6) is 2.19. The highest BCUT2D eigenvalue weighted by atomic mass is 32.2. The van der Waals surface area contributed by atoms with Crippen molar-refractivity contribution in [3.05, 3.63) is 41.8 Å². The molecule has 0 spiro atoms. The van der Waals surface area contributed by atoms with Crippen molar-refractivity contribution in [1.29, 1.82) is 0 Å². The molecule has 1 aromatic carbocycles. The normalized spacial score (nSPS) is 10.5. The number of aryl methyl sites for hydroxylation is 1. The van der Waals surface area contributed by atoms with Crippen molar-refractivity contribution in [1.82, 2.24) is 4.98 Å². The summed E-state index contributed by atoms with van der Waals surface area (Å²) in [5, 5.41) is 0. The van der Waals surface area contributed by atoms with E-state index in [1.807, 2.05) is 37.3 Å². The van der Waals surface area contributed by atoms with E-state index in [2.05, 4.69) is 4.98 Å². The van der Waals surface area contributed by atoms with Crippen LogP contribution in [0.5, 0.6) is 0 Å². The van der Waals surface area contributed by atoms with Crippen molar-refractivity contribution in [2.24, 2.45) is 0 Å². The highest BCUT2D eigenvalue weighted by molar-refractivity contribution is 7.99. The second kappa shape index (κ2) is 7.14. The molecule has 0 aliphatic carbocycles. The van der Waals surface area contributed by atoms with Crippen LogP contribution in [0.4, 0.5) is 0 Å². The molecule has 0 unspecified atom stereocenters. The zero-order valence-corrected chi connectivity index (χ0v) is 12.4. The van der Waals surface area contributed by atoms with Gasteiger partial charge in [-0.05, 0) is 26.0 Å². The van der Waals surface area contributed by atoms with Crippen LogP contribution in [0, 0.1) is 6.92 Å². The van der Waals surface area contributed by atoms with Crippen LogP contribution in [0.1, 0.15) is 18.4 Å². The monoisotopic (exact) mass is 291 g/mol. The van der Waals surface area contributed by atoms with Gasteiger partial charge in [-0.25, -0.2) is 4.98 Å². The Morgan fingerprint density at radius 3 is 2.80 bits per heavy atom. The molecule has 0 saturated carbocycles. The zero-order chi connectivity index (χ0) is 14.4. The molecule has 0 fully saturated rings. The summed E-state index contributed by atoms with van der Waals surface area (Å²) >= 11 is 1.48. The molecule has 0 saturated heterocycles. The molecule has 1 heterocycles. The molecule has 0 N–H and O–H groups in total. The van der Waals surface area contributed by atoms with Gasteiger partial charge in [-0.15, -0.1) is 11.8 Å². The zero-order valence-electron chi connectivity index (χ0n) is 11.6. The Balaban J connectivity index is 1.96. The number of rotatable bonds is 6. The third kappa shape index (κ3) is 3.87. The molecule has 4 nitrogen and oxygen atoms in total. The Labute approximate surface area is 122 Å². The molecule has 1 aromatic heterocycles. The highest BCUT2D eigenvalue weighted by Gasteiger charge is 2.12. The Kier molecular flexibility index (Phi) is 5.24. The fourth-order valence-electron chi connectivity index (χ4n) is 1.70. The topological polar surface area (TPSA) is 52.3 Å². The predicted molar refractivity (Wildman–Crippen MR) is 79.5 cm³/mol. The minimum Gasteiger partial charge on any atom is -0.465 e. The van der Waals surface area contributed by atoms with Gasteiger partial charge in [0.25, 0.3) is 0 Å². The van der Waals surface area contributed by atoms with E-state index in [0.29, 0.717) is 24.0 Å². The lowest BCUT2D eigenvalue weighted by atomic mass is 10.2. The van der Waals surface area contributed by atoms with E-state index in [0.717, 1.165) is 17.0 Å². The maximum Gasteiger partial charge on any atom is 0.315 e. The number of nitrogens with zero attached hydrogens (tertiary/aromatic N) is 1. The summed E-state index contributed by atoms with van der Waals surface area (Å²) in [6.07, 6.45) is 0. The first-order valence-electron chi connectivity index (χ1n) is 6.45. The van der Waals surface area contributed by atoms with Crippen molar-refractivity contribution in [2.45, 2.75) is 19.6 Å². The van der Waals surface area contributed by atoms with Gasteiger partial charge in [0.2, 0.25) is 5.89 Å². The van der Waals surface area contributed by atoms with Gasteiger partial charge in [-0.1, -0.05) is 18.2 Å². The van der Waals surface area contributed by atoms with Crippen molar-refractivity contribution in [2.75, 3.05) is 12.4 Å². The van der Waals surface area contributed by atoms with E-state index in [1.165, 1.54) is 11.8 Å². The highest BCUT2D eigenvalue weighted by Crippen LogP contribution is 2.23. The second-order valence-corrected chi connectivity index (χ2v) is 5.17. The molecule has 5 heteroatoms. The van der Waals surface area contributed by atoms with Gasteiger partial charge in [0.15, 0.2) is 0 Å². The summed E-state index contributed by atoms with van der Waals surface area (Å²) in [4.78, 5) is 15.7. The van der Waals surface area contributed by atoms with Crippen LogP contribution in [-0.2, 0) is 15.3 Å². The number of hydrogen-bond acceptors (Lipinski definition) is 5. The van der Waals surface area contributed by atoms with E-state index >= 15 is 0 Å². The van der Waals surface area contributed by atoms with Gasteiger partial charge in [0.1, 0.15) is 5.76 Å². The van der Waals surface area contributed by atoms with Crippen LogP contribution >= 0.6 is 11.8 Å². The van der Waals surface area contributed by atoms with Gasteiger partial charge >= 0.3 is 5.97 Å². The van der Waals surface area contributed by atoms with Gasteiger partial charge < -0.3 is 9.15 Å². The van der Waals surface area contributed by atoms with Crippen LogP contribution in [0.15, 0.2) is 34.7 Å². The average Bonchev–Trinajstić information content (AvgIpc) is 2.82. The van der Waals surface area contributed by atoms with Crippen molar-refractivity contribution in [3.63, 3.8) is 0 Å². The molecule has 0 atom stereocenters. The van der Waals surface area contributed by atoms with Crippen LogP contribution < -0.4 is 0 Å². The molecular weight excluding hydrogens is 274 g/mol. The fourth-order valence-corrected chi connectivity index (χ4v) is 2.51. The number of carbonyl (C=O) groups excluding carboxylic acids is 1. The first-order valence-corrected chi connectivity index (χ1v) is 7.61. The Hall–Kier alpha value is -1.75. The first-order chi connectivity index (χ1) is 9.70. The van der Waals surface area contributed by atoms with Gasteiger partial charge in [-0.2, -0.15) is 0 Å². The quantitative estimate of drug-likeness (QED) is 0.763. The lowest BCUT2D eigenvalue weighted by molar-refractivity contribution is -0.139. The smallest absolute Gasteiger partial charge is 0.315 e. The maximum atomic E-state index is 11.3. The van der Waals surface area contributed by atoms with Crippen LogP contribution in [0.2, 0.25) is 0 Å². The number of aromatic nitrogens is 1. The molecule has 2 aromatic rings. The fraction of sp³-hybridized carbons (Fsp3) is 0.333. The second-order valence-electron chi connectivity index (χ2n) is 4.19. The van der Waals surface area contributed by atoms with Gasteiger partial charge in [0, 0.05) is 11.3 Å². The minimum absolute atomic E-state index is 0.193. The molecule has 0 aliphatic heterocycles. The number of ether oxygens (including phenoxy) is 1. The van der Waals surface area contributed by atoms with Crippen molar-refractivity contribution in [3.8, 4) is 11.5 Å². The third-order valence-corrected chi connectivity index (χ3v) is 3.59. The molecule has 0 amide bonds. The number of thioether (sulfide) groups is 1. The summed E-state index contributed by atoms with van der Waals surface area (Å²) in [6, 6.07) is 9.77. The summed E-state index contributed by atoms with van der Waals surface area (Å²) < 4.78 is 10.5. The van der Waals surface area contributed by atoms with Gasteiger partial charge in [0.05, 0.1) is 18.1 Å². The lowest BCUT2D eigenvalue weighted by Gasteiger charge is -2.00. The molecule has 20 heavy (non-hydrogen) atoms. The molecule has 106 valence electrons. The number of hydrogen-bond donors (Lipinski definition) is 0. The van der Waals surface area contributed by atoms with E-state index in [4.69, 9.17) is 9.15 Å². The first kappa shape index (κ1) is 14.7. The van der Waals surface area contributed by atoms with E-state index in [-0.39, 0.29) is 5.97 Å². The standard InChI is InChI=1S/C15H17NO3S/c1-3-18-14(17)10-20-9-13-11(2)19-15(16-13)12-7-5-4-6-8-12/h4-8H,3,9-10H2,1-2H3. The summed E-state index contributed by atoms with van der Waals surface area (Å²) in [7, 11) is 0. The van der Waals surface area contributed by atoms with E-state index < -0.39 is 0 Å². The molecule has 0 aliphatic rings. The molecule has 2 rings (SSSR count). The van der Waals surface area contributed by atoms with E-state index in [9.17, 15) is 4.79 Å². The maximum absolute atomic E-state index is 11.3. The average molecular weight is 291 g/mol. The number of oxazole rings is 1. The Morgan fingerprint density at radius 2 is 2.10 bits per heavy atom. The van der Waals surface area contributed by atoms with Crippen LogP contribution in [-0.4, -0.2) is 23.3 Å². The minimum atomic E-state index is -0.193. The number of carbonyl (C=O) groups is 1.